The molecule has 3 rings (SSSR count). The number of aryl methyl sites for hydroxylation is 1. The van der Waals surface area contributed by atoms with Gasteiger partial charge in [-0.15, -0.1) is 11.3 Å². The van der Waals surface area contributed by atoms with E-state index in [1.807, 2.05) is 49.1 Å². The summed E-state index contributed by atoms with van der Waals surface area (Å²) in [4.78, 5) is 16.5. The Kier molecular flexibility index (Phi) is 7.01. The van der Waals surface area contributed by atoms with E-state index >= 15 is 0 Å². The molecule has 2 aromatic carbocycles. The van der Waals surface area contributed by atoms with Crippen LogP contribution in [0, 0.1) is 6.92 Å². The molecule has 0 bridgehead atoms. The molecular formula is C24H28N2OS. The highest BCUT2D eigenvalue weighted by Gasteiger charge is 2.28. The van der Waals surface area contributed by atoms with Gasteiger partial charge in [0.2, 0.25) is 5.91 Å². The number of hydrogen-bond donors (Lipinski definition) is 1. The van der Waals surface area contributed by atoms with Gasteiger partial charge >= 0.3 is 0 Å². The van der Waals surface area contributed by atoms with Crippen molar-refractivity contribution in [3.63, 3.8) is 0 Å². The number of nitrogens with zero attached hydrogens (tertiary/aromatic N) is 1. The summed E-state index contributed by atoms with van der Waals surface area (Å²) in [7, 11) is 0. The lowest BCUT2D eigenvalue weighted by Gasteiger charge is -2.30. The second-order valence-electron chi connectivity index (χ2n) is 6.88. The molecule has 0 aliphatic rings. The molecule has 0 aliphatic carbocycles. The van der Waals surface area contributed by atoms with Gasteiger partial charge in [-0.3, -0.25) is 10.1 Å². The van der Waals surface area contributed by atoms with Crippen molar-refractivity contribution in [1.29, 1.82) is 0 Å². The molecule has 0 saturated carbocycles. The SMILES string of the molecule is CCN(CC)C(=O)[C@@H](N[C@H](c1ccc(C)cc1)c1cccs1)c1ccccc1. The fraction of sp³-hybridized carbons (Fsp3) is 0.292. The van der Waals surface area contributed by atoms with E-state index in [-0.39, 0.29) is 11.9 Å². The average Bonchev–Trinajstić information content (AvgIpc) is 3.26. The Balaban J connectivity index is 2.00. The molecule has 0 saturated heterocycles. The van der Waals surface area contributed by atoms with Gasteiger partial charge in [0.05, 0.1) is 6.04 Å². The highest BCUT2D eigenvalue weighted by atomic mass is 32.1. The van der Waals surface area contributed by atoms with E-state index in [0.717, 1.165) is 5.56 Å². The van der Waals surface area contributed by atoms with E-state index in [2.05, 4.69) is 54.0 Å². The second-order valence-corrected chi connectivity index (χ2v) is 7.86. The zero-order chi connectivity index (χ0) is 19.9. The van der Waals surface area contributed by atoms with Crippen molar-refractivity contribution in [2.75, 3.05) is 13.1 Å². The van der Waals surface area contributed by atoms with Gasteiger partial charge in [-0.2, -0.15) is 0 Å². The van der Waals surface area contributed by atoms with Gasteiger partial charge in [-0.05, 0) is 43.3 Å². The van der Waals surface area contributed by atoms with Gasteiger partial charge in [-0.25, -0.2) is 0 Å². The summed E-state index contributed by atoms with van der Waals surface area (Å²) < 4.78 is 0. The largest absolute Gasteiger partial charge is 0.342 e. The molecular weight excluding hydrogens is 364 g/mol. The summed E-state index contributed by atoms with van der Waals surface area (Å²) in [6.45, 7) is 7.55. The van der Waals surface area contributed by atoms with Crippen LogP contribution in [-0.4, -0.2) is 23.9 Å². The minimum atomic E-state index is -0.394. The normalized spacial score (nSPS) is 13.1. The maximum Gasteiger partial charge on any atom is 0.244 e. The van der Waals surface area contributed by atoms with Gasteiger partial charge < -0.3 is 4.90 Å². The Morgan fingerprint density at radius 2 is 1.61 bits per heavy atom. The number of benzene rings is 2. The number of nitrogens with one attached hydrogen (secondary N) is 1. The first-order chi connectivity index (χ1) is 13.6. The third kappa shape index (κ3) is 4.70. The third-order valence-corrected chi connectivity index (χ3v) is 5.96. The van der Waals surface area contributed by atoms with Gasteiger partial charge in [-0.1, -0.05) is 66.2 Å². The van der Waals surface area contributed by atoms with E-state index in [9.17, 15) is 4.79 Å². The highest BCUT2D eigenvalue weighted by Crippen LogP contribution is 2.30. The van der Waals surface area contributed by atoms with Crippen molar-refractivity contribution < 1.29 is 4.79 Å². The van der Waals surface area contributed by atoms with Crippen LogP contribution in [-0.2, 0) is 4.79 Å². The molecule has 3 aromatic rings. The summed E-state index contributed by atoms with van der Waals surface area (Å²) >= 11 is 1.71. The molecule has 0 radical (unpaired) electrons. The lowest BCUT2D eigenvalue weighted by atomic mass is 9.99. The van der Waals surface area contributed by atoms with Gasteiger partial charge in [0.15, 0.2) is 0 Å². The quantitative estimate of drug-likeness (QED) is 0.561. The van der Waals surface area contributed by atoms with Crippen molar-refractivity contribution in [3.8, 4) is 0 Å². The first kappa shape index (κ1) is 20.3. The predicted molar refractivity (Wildman–Crippen MR) is 118 cm³/mol. The van der Waals surface area contributed by atoms with Crippen LogP contribution in [0.3, 0.4) is 0 Å². The Bertz CT molecular complexity index is 855. The van der Waals surface area contributed by atoms with Crippen molar-refractivity contribution in [2.45, 2.75) is 32.9 Å². The van der Waals surface area contributed by atoms with E-state index < -0.39 is 6.04 Å². The summed E-state index contributed by atoms with van der Waals surface area (Å²) in [5, 5.41) is 5.76. The number of carbonyl (C=O) groups excluding carboxylic acids is 1. The summed E-state index contributed by atoms with van der Waals surface area (Å²) in [6.07, 6.45) is 0. The first-order valence-corrected chi connectivity index (χ1v) is 10.7. The van der Waals surface area contributed by atoms with E-state index in [4.69, 9.17) is 0 Å². The van der Waals surface area contributed by atoms with E-state index in [1.165, 1.54) is 16.0 Å². The van der Waals surface area contributed by atoms with Crippen LogP contribution < -0.4 is 5.32 Å². The summed E-state index contributed by atoms with van der Waals surface area (Å²) in [5.41, 5.74) is 3.39. The fourth-order valence-corrected chi connectivity index (χ4v) is 4.21. The number of likely N-dealkylation sites (N-methyl/N-ethyl adjacent to an activating group) is 1. The molecule has 146 valence electrons. The van der Waals surface area contributed by atoms with E-state index in [0.29, 0.717) is 13.1 Å². The molecule has 1 N–H and O–H groups in total. The standard InChI is InChI=1S/C24H28N2OS/c1-4-26(5-2)24(27)23(19-10-7-6-8-11-19)25-22(21-12-9-17-28-21)20-15-13-18(3)14-16-20/h6-17,22-23,25H,4-5H2,1-3H3/t22-,23+/m1/s1. The third-order valence-electron chi connectivity index (χ3n) is 5.03. The smallest absolute Gasteiger partial charge is 0.244 e. The molecule has 0 fully saturated rings. The molecule has 1 aromatic heterocycles. The van der Waals surface area contributed by atoms with Crippen LogP contribution >= 0.6 is 11.3 Å². The zero-order valence-corrected chi connectivity index (χ0v) is 17.6. The fourth-order valence-electron chi connectivity index (χ4n) is 3.40. The molecule has 28 heavy (non-hydrogen) atoms. The molecule has 3 nitrogen and oxygen atoms in total. The Hall–Kier alpha value is -2.43. The molecule has 4 heteroatoms. The molecule has 2 atom stereocenters. The van der Waals surface area contributed by atoms with Gasteiger partial charge in [0, 0.05) is 18.0 Å². The lowest BCUT2D eigenvalue weighted by Crippen LogP contribution is -2.42. The monoisotopic (exact) mass is 392 g/mol. The van der Waals surface area contributed by atoms with Crippen molar-refractivity contribution in [1.82, 2.24) is 10.2 Å². The number of thiophene rings is 1. The molecule has 0 aliphatic heterocycles. The van der Waals surface area contributed by atoms with Gasteiger partial charge in [0.1, 0.15) is 6.04 Å². The van der Waals surface area contributed by atoms with Crippen LogP contribution in [0.5, 0.6) is 0 Å². The van der Waals surface area contributed by atoms with Gasteiger partial charge in [0.25, 0.3) is 0 Å². The minimum absolute atomic E-state index is 0.0367. The number of hydrogen-bond acceptors (Lipinski definition) is 3. The Labute approximate surface area is 172 Å². The predicted octanol–water partition coefficient (Wildman–Crippen LogP) is 5.35. The topological polar surface area (TPSA) is 32.3 Å². The summed E-state index contributed by atoms with van der Waals surface area (Å²) in [5.74, 6) is 0.116. The zero-order valence-electron chi connectivity index (χ0n) is 16.8. The number of amides is 1. The Morgan fingerprint density at radius 1 is 0.929 bits per heavy atom. The lowest BCUT2D eigenvalue weighted by molar-refractivity contribution is -0.133. The van der Waals surface area contributed by atoms with Crippen LogP contribution in [0.2, 0.25) is 0 Å². The molecule has 1 heterocycles. The Morgan fingerprint density at radius 3 is 2.18 bits per heavy atom. The highest BCUT2D eigenvalue weighted by molar-refractivity contribution is 7.10. The number of rotatable bonds is 8. The second kappa shape index (κ2) is 9.67. The van der Waals surface area contributed by atoms with Crippen molar-refractivity contribution >= 4 is 17.2 Å². The van der Waals surface area contributed by atoms with Crippen LogP contribution in [0.1, 0.15) is 47.5 Å². The van der Waals surface area contributed by atoms with Crippen molar-refractivity contribution in [3.05, 3.63) is 93.7 Å². The minimum Gasteiger partial charge on any atom is -0.342 e. The molecule has 0 unspecified atom stereocenters. The first-order valence-electron chi connectivity index (χ1n) is 9.83. The maximum absolute atomic E-state index is 13.4. The molecule has 0 spiro atoms. The maximum atomic E-state index is 13.4. The molecule has 1 amide bonds. The van der Waals surface area contributed by atoms with Crippen LogP contribution in [0.4, 0.5) is 0 Å². The number of carbonyl (C=O) groups is 1. The van der Waals surface area contributed by atoms with Crippen LogP contribution in [0.25, 0.3) is 0 Å². The van der Waals surface area contributed by atoms with Crippen molar-refractivity contribution in [2.24, 2.45) is 0 Å². The summed E-state index contributed by atoms with van der Waals surface area (Å²) in [6, 6.07) is 22.3. The van der Waals surface area contributed by atoms with Crippen LogP contribution in [0.15, 0.2) is 72.1 Å². The average molecular weight is 393 g/mol. The van der Waals surface area contributed by atoms with E-state index in [1.54, 1.807) is 11.3 Å².